The number of nitrogens with zero attached hydrogens (tertiary/aromatic N) is 5. The van der Waals surface area contributed by atoms with Gasteiger partial charge in [-0.15, -0.1) is 4.59 Å². The highest BCUT2D eigenvalue weighted by atomic mass is 35.5. The van der Waals surface area contributed by atoms with E-state index < -0.39 is 0 Å². The zero-order valence-corrected chi connectivity index (χ0v) is 24.7. The van der Waals surface area contributed by atoms with Crippen LogP contribution in [-0.4, -0.2) is 51.6 Å². The van der Waals surface area contributed by atoms with Crippen LogP contribution in [0.25, 0.3) is 0 Å². The summed E-state index contributed by atoms with van der Waals surface area (Å²) >= 11 is 6.27. The van der Waals surface area contributed by atoms with Gasteiger partial charge in [0.05, 0.1) is 28.7 Å². The fourth-order valence-electron chi connectivity index (χ4n) is 5.99. The smallest absolute Gasteiger partial charge is 0.321 e. The number of amides is 3. The Bertz CT molecular complexity index is 1760. The molecule has 4 N–H and O–H groups in total. The van der Waals surface area contributed by atoms with Crippen LogP contribution in [0.2, 0.25) is 5.02 Å². The number of fused-ring (bicyclic) bond motifs is 1. The number of amidine groups is 1. The Kier molecular flexibility index (Phi) is 7.33. The third-order valence-electron chi connectivity index (χ3n) is 8.51. The molecule has 1 saturated heterocycles. The number of aromatic nitrogens is 1. The summed E-state index contributed by atoms with van der Waals surface area (Å²) in [4.78, 5) is 41.7. The number of quaternary nitrogens is 1. The number of nitrogens with two attached hydrogens (primary N) is 1. The predicted molar refractivity (Wildman–Crippen MR) is 171 cm³/mol. The second kappa shape index (κ2) is 11.5. The van der Waals surface area contributed by atoms with E-state index in [9.17, 15) is 9.59 Å². The standard InChI is InChI=1S/C33H31ClN8O2/c34-26-5-1-2-6-27(26)38-33(44)41-16-3-4-25(20-41)30-28-19-36-15-17-42(28,35)31(40-30)22-9-11-23(12-10-22)32(43)39-29-18-24(13-14-37-29)21-7-8-21/h1-2,5-6,9-15,17-19,21,25H,3-4,7-8,16,20,35H2,(H-,37,38,39,43,44)/p+1/t25-,42?/m1/s1. The van der Waals surface area contributed by atoms with Crippen LogP contribution >= 0.6 is 11.6 Å². The number of nitrogens with one attached hydrogen (secondary N) is 2. The molecule has 1 aliphatic carbocycles. The zero-order chi connectivity index (χ0) is 30.3. The highest BCUT2D eigenvalue weighted by Gasteiger charge is 2.46. The minimum Gasteiger partial charge on any atom is -0.324 e. The first-order valence-corrected chi connectivity index (χ1v) is 15.2. The number of piperidine rings is 1. The number of hydrogen-bond donors (Lipinski definition) is 3. The van der Waals surface area contributed by atoms with Crippen LogP contribution in [0, 0.1) is 5.92 Å². The number of anilines is 2. The van der Waals surface area contributed by atoms with Gasteiger partial charge in [-0.3, -0.25) is 9.79 Å². The van der Waals surface area contributed by atoms with E-state index in [1.165, 1.54) is 18.4 Å². The van der Waals surface area contributed by atoms with Crippen molar-refractivity contribution in [3.63, 3.8) is 0 Å². The lowest BCUT2D eigenvalue weighted by Gasteiger charge is -2.33. The molecule has 1 saturated carbocycles. The van der Waals surface area contributed by atoms with Crippen LogP contribution in [0.5, 0.6) is 0 Å². The van der Waals surface area contributed by atoms with Gasteiger partial charge in [0.25, 0.3) is 11.7 Å². The molecule has 3 aliphatic heterocycles. The number of hydrogen-bond acceptors (Lipinski definition) is 6. The molecule has 0 spiro atoms. The van der Waals surface area contributed by atoms with Crippen LogP contribution < -0.4 is 16.5 Å². The summed E-state index contributed by atoms with van der Waals surface area (Å²) in [5, 5.41) is 6.33. The van der Waals surface area contributed by atoms with E-state index in [0.717, 1.165) is 29.8 Å². The van der Waals surface area contributed by atoms with Crippen LogP contribution in [0.4, 0.5) is 16.3 Å². The highest BCUT2D eigenvalue weighted by Crippen LogP contribution is 2.40. The number of aliphatic imine (C=N–C) groups is 2. The monoisotopic (exact) mass is 607 g/mol. The molecule has 4 aliphatic rings. The fraction of sp³-hybridized carbons (Fsp3) is 0.242. The number of urea groups is 1. The molecule has 3 aromatic rings. The Morgan fingerprint density at radius 1 is 1.00 bits per heavy atom. The number of pyridine rings is 1. The number of carbonyl (C=O) groups is 2. The van der Waals surface area contributed by atoms with Gasteiger partial charge >= 0.3 is 6.03 Å². The molecule has 0 radical (unpaired) electrons. The third-order valence-corrected chi connectivity index (χ3v) is 8.84. The Morgan fingerprint density at radius 3 is 2.61 bits per heavy atom. The van der Waals surface area contributed by atoms with Crippen molar-refractivity contribution in [2.75, 3.05) is 23.7 Å². The number of allylic oxidation sites excluding steroid dienone is 1. The van der Waals surface area contributed by atoms with Crippen LogP contribution in [0.1, 0.15) is 53.1 Å². The average molecular weight is 608 g/mol. The van der Waals surface area contributed by atoms with Crippen LogP contribution in [0.15, 0.2) is 101 Å². The highest BCUT2D eigenvalue weighted by molar-refractivity contribution is 6.33. The Hall–Kier alpha value is -4.64. The molecule has 1 aromatic heterocycles. The molecule has 44 heavy (non-hydrogen) atoms. The van der Waals surface area contributed by atoms with Gasteiger partial charge in [0.15, 0.2) is 0 Å². The van der Waals surface area contributed by atoms with E-state index in [1.807, 2.05) is 36.4 Å². The first-order chi connectivity index (χ1) is 21.4. The maximum absolute atomic E-state index is 13.2. The van der Waals surface area contributed by atoms with Crippen LogP contribution in [0.3, 0.4) is 0 Å². The molecule has 11 heteroatoms. The molecule has 0 bridgehead atoms. The largest absolute Gasteiger partial charge is 0.324 e. The number of benzene rings is 2. The average Bonchev–Trinajstić information content (AvgIpc) is 3.85. The first-order valence-electron chi connectivity index (χ1n) is 14.8. The summed E-state index contributed by atoms with van der Waals surface area (Å²) in [7, 11) is 0. The molecule has 7 rings (SSSR count). The molecule has 4 heterocycles. The van der Waals surface area contributed by atoms with Crippen molar-refractivity contribution in [3.05, 3.63) is 112 Å². The molecular weight excluding hydrogens is 576 g/mol. The Morgan fingerprint density at radius 2 is 1.82 bits per heavy atom. The van der Waals surface area contributed by atoms with E-state index in [-0.39, 0.29) is 22.4 Å². The second-order valence-electron chi connectivity index (χ2n) is 11.5. The molecular formula is C33H32ClN8O2+. The van der Waals surface area contributed by atoms with Gasteiger partial charge in [-0.25, -0.2) is 9.78 Å². The van der Waals surface area contributed by atoms with Crippen molar-refractivity contribution in [1.82, 2.24) is 9.88 Å². The molecule has 222 valence electrons. The Labute approximate surface area is 260 Å². The van der Waals surface area contributed by atoms with Gasteiger partial charge in [0.2, 0.25) is 5.70 Å². The number of rotatable bonds is 6. The summed E-state index contributed by atoms with van der Waals surface area (Å²) in [6.07, 6.45) is 11.0. The van der Waals surface area contributed by atoms with E-state index >= 15 is 0 Å². The molecule has 2 aromatic carbocycles. The molecule has 1 unspecified atom stereocenters. The minimum absolute atomic E-state index is 0.0313. The summed E-state index contributed by atoms with van der Waals surface area (Å²) in [6, 6.07) is 18.2. The van der Waals surface area contributed by atoms with Gasteiger partial charge in [-0.1, -0.05) is 23.7 Å². The summed E-state index contributed by atoms with van der Waals surface area (Å²) in [6.45, 7) is 1.12. The maximum Gasteiger partial charge on any atom is 0.321 e. The molecule has 2 atom stereocenters. The lowest BCUT2D eigenvalue weighted by atomic mass is 9.94. The number of halogens is 1. The maximum atomic E-state index is 13.2. The topological polar surface area (TPSA) is 125 Å². The second-order valence-corrected chi connectivity index (χ2v) is 11.9. The number of likely N-dealkylation sites (tertiary alicyclic amines) is 1. The van der Waals surface area contributed by atoms with E-state index in [4.69, 9.17) is 22.4 Å². The van der Waals surface area contributed by atoms with E-state index in [0.29, 0.717) is 46.9 Å². The molecule has 10 nitrogen and oxygen atoms in total. The van der Waals surface area contributed by atoms with Gasteiger partial charge < -0.3 is 15.5 Å². The van der Waals surface area contributed by atoms with Crippen molar-refractivity contribution in [3.8, 4) is 0 Å². The van der Waals surface area contributed by atoms with Gasteiger partial charge in [0.1, 0.15) is 17.7 Å². The zero-order valence-electron chi connectivity index (χ0n) is 24.0. The van der Waals surface area contributed by atoms with Gasteiger partial charge in [-0.2, -0.15) is 10.8 Å². The van der Waals surface area contributed by atoms with Crippen molar-refractivity contribution in [1.29, 1.82) is 0 Å². The fourth-order valence-corrected chi connectivity index (χ4v) is 6.18. The van der Waals surface area contributed by atoms with Crippen LogP contribution in [-0.2, 0) is 0 Å². The van der Waals surface area contributed by atoms with Crippen molar-refractivity contribution in [2.45, 2.75) is 31.6 Å². The normalized spacial score (nSPS) is 22.5. The number of para-hydroxylation sites is 1. The quantitative estimate of drug-likeness (QED) is 0.234. The molecule has 2 fully saturated rings. The van der Waals surface area contributed by atoms with Gasteiger partial charge in [0, 0.05) is 30.8 Å². The first kappa shape index (κ1) is 28.1. The van der Waals surface area contributed by atoms with E-state index in [2.05, 4.69) is 20.6 Å². The third kappa shape index (κ3) is 5.43. The summed E-state index contributed by atoms with van der Waals surface area (Å²) < 4.78 is -0.134. The van der Waals surface area contributed by atoms with Crippen molar-refractivity contribution in [2.24, 2.45) is 21.7 Å². The van der Waals surface area contributed by atoms with E-state index in [1.54, 1.807) is 54.0 Å². The van der Waals surface area contributed by atoms with Crippen molar-refractivity contribution < 1.29 is 14.2 Å². The Balaban J connectivity index is 1.10. The van der Waals surface area contributed by atoms with Crippen molar-refractivity contribution >= 4 is 47.1 Å². The SMILES string of the molecule is N[N+]12C=CN=CC1=C([C@@H]1CCCN(C(=O)Nc3ccccc3Cl)C1)N=C2c1ccc(C(=O)Nc2cc(C3CC3)ccn2)cc1. The minimum atomic E-state index is -0.233. The molecule has 3 amide bonds. The van der Waals surface area contributed by atoms with Gasteiger partial charge in [-0.05, 0) is 85.7 Å². The summed E-state index contributed by atoms with van der Waals surface area (Å²) in [5.41, 5.74) is 4.66. The lowest BCUT2D eigenvalue weighted by molar-refractivity contribution is -0.750. The predicted octanol–water partition coefficient (Wildman–Crippen LogP) is 6.03. The lowest BCUT2D eigenvalue weighted by Crippen LogP contribution is -2.53. The summed E-state index contributed by atoms with van der Waals surface area (Å²) in [5.74, 6) is 8.46. The number of carbonyl (C=O) groups excluding carboxylic acids is 2.